The maximum atomic E-state index is 13.8. The van der Waals surface area contributed by atoms with Gasteiger partial charge in [0.2, 0.25) is 0 Å². The quantitative estimate of drug-likeness (QED) is 0.795. The third kappa shape index (κ3) is 4.46. The molecule has 0 aliphatic carbocycles. The summed E-state index contributed by atoms with van der Waals surface area (Å²) in [5.41, 5.74) is 0.942. The van der Waals surface area contributed by atoms with Crippen molar-refractivity contribution < 1.29 is 13.9 Å². The van der Waals surface area contributed by atoms with E-state index in [1.807, 2.05) is 6.07 Å². The molecule has 1 rings (SSSR count). The number of likely N-dealkylation sites (N-methyl/N-ethyl adjacent to an activating group) is 1. The van der Waals surface area contributed by atoms with Crippen LogP contribution < -0.4 is 10.1 Å². The highest BCUT2D eigenvalue weighted by Crippen LogP contribution is 2.20. The van der Waals surface area contributed by atoms with Gasteiger partial charge in [-0.25, -0.2) is 4.39 Å². The van der Waals surface area contributed by atoms with Crippen LogP contribution in [0.25, 0.3) is 0 Å². The Hall–Kier alpha value is -1.13. The van der Waals surface area contributed by atoms with Gasteiger partial charge in [-0.3, -0.25) is 0 Å². The molecule has 2 atom stereocenters. The number of methoxy groups -OCH3 is 2. The van der Waals surface area contributed by atoms with Crippen molar-refractivity contribution in [2.45, 2.75) is 39.3 Å². The monoisotopic (exact) mass is 283 g/mol. The van der Waals surface area contributed by atoms with E-state index in [0.29, 0.717) is 5.92 Å². The molecule has 0 aliphatic rings. The van der Waals surface area contributed by atoms with Crippen LogP contribution in [0, 0.1) is 11.7 Å². The van der Waals surface area contributed by atoms with Crippen molar-refractivity contribution in [2.24, 2.45) is 5.92 Å². The lowest BCUT2D eigenvalue weighted by Crippen LogP contribution is -2.45. The first-order chi connectivity index (χ1) is 9.53. The second-order valence-corrected chi connectivity index (χ2v) is 5.28. The normalized spacial score (nSPS) is 14.3. The van der Waals surface area contributed by atoms with Gasteiger partial charge in [0.25, 0.3) is 0 Å². The fourth-order valence-corrected chi connectivity index (χ4v) is 2.56. The molecule has 1 N–H and O–H groups in total. The van der Waals surface area contributed by atoms with Crippen LogP contribution in [0.1, 0.15) is 26.3 Å². The summed E-state index contributed by atoms with van der Waals surface area (Å²) in [5, 5.41) is 3.43. The maximum absolute atomic E-state index is 13.8. The van der Waals surface area contributed by atoms with Crippen molar-refractivity contribution in [1.29, 1.82) is 0 Å². The van der Waals surface area contributed by atoms with Gasteiger partial charge < -0.3 is 14.8 Å². The highest BCUT2D eigenvalue weighted by Gasteiger charge is 2.24. The Morgan fingerprint density at radius 2 is 1.95 bits per heavy atom. The van der Waals surface area contributed by atoms with E-state index in [2.05, 4.69) is 26.1 Å². The summed E-state index contributed by atoms with van der Waals surface area (Å²) >= 11 is 0. The molecular weight excluding hydrogens is 257 g/mol. The minimum absolute atomic E-state index is 0.0973. The molecule has 0 aromatic heterocycles. The summed E-state index contributed by atoms with van der Waals surface area (Å²) in [4.78, 5) is 0. The molecule has 2 unspecified atom stereocenters. The molecule has 0 aliphatic heterocycles. The Morgan fingerprint density at radius 3 is 2.40 bits per heavy atom. The lowest BCUT2D eigenvalue weighted by atomic mass is 9.93. The molecule has 1 aromatic rings. The molecule has 0 spiro atoms. The molecule has 114 valence electrons. The van der Waals surface area contributed by atoms with Gasteiger partial charge in [0, 0.05) is 13.2 Å². The van der Waals surface area contributed by atoms with E-state index in [-0.39, 0.29) is 23.7 Å². The molecule has 4 heteroatoms. The van der Waals surface area contributed by atoms with E-state index in [1.165, 1.54) is 13.2 Å². The summed E-state index contributed by atoms with van der Waals surface area (Å²) < 4.78 is 24.3. The highest BCUT2D eigenvalue weighted by atomic mass is 19.1. The fourth-order valence-electron chi connectivity index (χ4n) is 2.56. The van der Waals surface area contributed by atoms with E-state index < -0.39 is 0 Å². The number of rotatable bonds is 8. The molecule has 20 heavy (non-hydrogen) atoms. The lowest BCUT2D eigenvalue weighted by Gasteiger charge is -2.30. The Balaban J connectivity index is 2.87. The summed E-state index contributed by atoms with van der Waals surface area (Å²) in [6.07, 6.45) is 0.825. The predicted octanol–water partition coefficient (Wildman–Crippen LogP) is 3.03. The number of hydrogen-bond donors (Lipinski definition) is 1. The highest BCUT2D eigenvalue weighted by molar-refractivity contribution is 5.29. The predicted molar refractivity (Wildman–Crippen MR) is 79.8 cm³/mol. The molecule has 3 nitrogen and oxygen atoms in total. The van der Waals surface area contributed by atoms with Crippen LogP contribution in [0.4, 0.5) is 4.39 Å². The van der Waals surface area contributed by atoms with Crippen LogP contribution in [0.15, 0.2) is 18.2 Å². The number of ether oxygens (including phenoxy) is 2. The molecule has 0 radical (unpaired) electrons. The molecule has 0 saturated carbocycles. The molecular formula is C16H26FNO2. The standard InChI is InChI=1S/C16H26FNO2/c1-6-18-14(16(20-5)11(2)3)10-12-7-8-15(19-4)13(17)9-12/h7-9,11,14,16,18H,6,10H2,1-5H3. The minimum Gasteiger partial charge on any atom is -0.494 e. The third-order valence-corrected chi connectivity index (χ3v) is 3.46. The van der Waals surface area contributed by atoms with Gasteiger partial charge in [-0.1, -0.05) is 26.8 Å². The summed E-state index contributed by atoms with van der Waals surface area (Å²) in [7, 11) is 3.20. The summed E-state index contributed by atoms with van der Waals surface area (Å²) in [5.74, 6) is 0.354. The summed E-state index contributed by atoms with van der Waals surface area (Å²) in [6.45, 7) is 7.19. The molecule has 0 heterocycles. The molecule has 0 fully saturated rings. The second kappa shape index (κ2) is 8.22. The van der Waals surface area contributed by atoms with Gasteiger partial charge in [0.05, 0.1) is 13.2 Å². The second-order valence-electron chi connectivity index (χ2n) is 5.28. The number of hydrogen-bond acceptors (Lipinski definition) is 3. The van der Waals surface area contributed by atoms with Crippen molar-refractivity contribution in [2.75, 3.05) is 20.8 Å². The van der Waals surface area contributed by atoms with Crippen LogP contribution in [0.3, 0.4) is 0 Å². The Bertz CT molecular complexity index is 409. The fraction of sp³-hybridized carbons (Fsp3) is 0.625. The molecule has 0 saturated heterocycles. The molecule has 0 amide bonds. The first-order valence-corrected chi connectivity index (χ1v) is 7.12. The van der Waals surface area contributed by atoms with E-state index in [9.17, 15) is 4.39 Å². The van der Waals surface area contributed by atoms with E-state index >= 15 is 0 Å². The molecule has 1 aromatic carbocycles. The van der Waals surface area contributed by atoms with Crippen LogP contribution in [0.5, 0.6) is 5.75 Å². The minimum atomic E-state index is -0.321. The topological polar surface area (TPSA) is 30.5 Å². The maximum Gasteiger partial charge on any atom is 0.165 e. The SMILES string of the molecule is CCNC(Cc1ccc(OC)c(F)c1)C(OC)C(C)C. The zero-order valence-corrected chi connectivity index (χ0v) is 13.1. The largest absolute Gasteiger partial charge is 0.494 e. The molecule has 0 bridgehead atoms. The van der Waals surface area contributed by atoms with Gasteiger partial charge in [-0.2, -0.15) is 0 Å². The van der Waals surface area contributed by atoms with Gasteiger partial charge in [-0.05, 0) is 36.6 Å². The third-order valence-electron chi connectivity index (χ3n) is 3.46. The van der Waals surface area contributed by atoms with E-state index in [0.717, 1.165) is 18.5 Å². The van der Waals surface area contributed by atoms with Gasteiger partial charge in [0.15, 0.2) is 11.6 Å². The van der Waals surface area contributed by atoms with E-state index in [4.69, 9.17) is 9.47 Å². The number of halogens is 1. The first-order valence-electron chi connectivity index (χ1n) is 7.12. The smallest absolute Gasteiger partial charge is 0.165 e. The zero-order chi connectivity index (χ0) is 15.1. The van der Waals surface area contributed by atoms with Crippen molar-refractivity contribution in [1.82, 2.24) is 5.32 Å². The zero-order valence-electron chi connectivity index (χ0n) is 13.1. The Labute approximate surface area is 121 Å². The van der Waals surface area contributed by atoms with Crippen LogP contribution in [0.2, 0.25) is 0 Å². The van der Waals surface area contributed by atoms with Gasteiger partial charge in [0.1, 0.15) is 0 Å². The van der Waals surface area contributed by atoms with Gasteiger partial charge >= 0.3 is 0 Å². The van der Waals surface area contributed by atoms with E-state index in [1.54, 1.807) is 13.2 Å². The van der Waals surface area contributed by atoms with Gasteiger partial charge in [-0.15, -0.1) is 0 Å². The lowest BCUT2D eigenvalue weighted by molar-refractivity contribution is 0.0337. The first kappa shape index (κ1) is 16.9. The van der Waals surface area contributed by atoms with Crippen molar-refractivity contribution in [3.05, 3.63) is 29.6 Å². The van der Waals surface area contributed by atoms with Crippen LogP contribution >= 0.6 is 0 Å². The number of benzene rings is 1. The van der Waals surface area contributed by atoms with Crippen LogP contribution in [-0.4, -0.2) is 32.9 Å². The summed E-state index contributed by atoms with van der Waals surface area (Å²) in [6, 6.07) is 5.28. The van der Waals surface area contributed by atoms with Crippen molar-refractivity contribution in [3.63, 3.8) is 0 Å². The average Bonchev–Trinajstić information content (AvgIpc) is 2.39. The van der Waals surface area contributed by atoms with Crippen molar-refractivity contribution in [3.8, 4) is 5.75 Å². The van der Waals surface area contributed by atoms with Crippen molar-refractivity contribution >= 4 is 0 Å². The Morgan fingerprint density at radius 1 is 1.25 bits per heavy atom. The Kier molecular flexibility index (Phi) is 6.96. The average molecular weight is 283 g/mol. The van der Waals surface area contributed by atoms with Crippen LogP contribution in [-0.2, 0) is 11.2 Å². The number of nitrogens with one attached hydrogen (secondary N) is 1.